The highest BCUT2D eigenvalue weighted by Gasteiger charge is 2.16. The molecule has 2 atom stereocenters. The summed E-state index contributed by atoms with van der Waals surface area (Å²) in [5.74, 6) is 1.35. The van der Waals surface area contributed by atoms with Gasteiger partial charge in [0, 0.05) is 17.8 Å². The molecule has 1 aliphatic rings. The Labute approximate surface area is 122 Å². The Bertz CT molecular complexity index is 422. The van der Waals surface area contributed by atoms with E-state index in [1.165, 1.54) is 47.3 Å². The molecule has 1 fully saturated rings. The topological polar surface area (TPSA) is 12.0 Å². The van der Waals surface area contributed by atoms with Crippen molar-refractivity contribution >= 4 is 11.8 Å². The van der Waals surface area contributed by atoms with Crippen LogP contribution in [0, 0.1) is 20.8 Å². The average molecular weight is 277 g/mol. The molecule has 1 aromatic rings. The zero-order valence-electron chi connectivity index (χ0n) is 12.8. The van der Waals surface area contributed by atoms with Crippen LogP contribution in [0.5, 0.6) is 0 Å². The van der Waals surface area contributed by atoms with Crippen LogP contribution < -0.4 is 5.32 Å². The summed E-state index contributed by atoms with van der Waals surface area (Å²) in [4.78, 5) is 0. The molecule has 0 bridgehead atoms. The van der Waals surface area contributed by atoms with Crippen LogP contribution in [0.2, 0.25) is 0 Å². The number of nitrogens with one attached hydrogen (secondary N) is 1. The predicted octanol–water partition coefficient (Wildman–Crippen LogP) is 4.55. The summed E-state index contributed by atoms with van der Waals surface area (Å²) in [7, 11) is 0. The summed E-state index contributed by atoms with van der Waals surface area (Å²) in [5, 5.41) is 4.56. The van der Waals surface area contributed by atoms with Crippen LogP contribution in [0.15, 0.2) is 12.1 Å². The highest BCUT2D eigenvalue weighted by molar-refractivity contribution is 7.99. The first-order chi connectivity index (χ1) is 9.08. The van der Waals surface area contributed by atoms with Crippen molar-refractivity contribution in [2.24, 2.45) is 0 Å². The normalized spacial score (nSPS) is 21.4. The van der Waals surface area contributed by atoms with Gasteiger partial charge >= 0.3 is 0 Å². The molecular weight excluding hydrogens is 250 g/mol. The number of rotatable bonds is 4. The Balaban J connectivity index is 1.95. The van der Waals surface area contributed by atoms with Crippen LogP contribution in [-0.4, -0.2) is 17.5 Å². The molecule has 0 aromatic heterocycles. The van der Waals surface area contributed by atoms with Gasteiger partial charge in [-0.3, -0.25) is 0 Å². The Hall–Kier alpha value is -0.470. The zero-order valence-corrected chi connectivity index (χ0v) is 13.6. The lowest BCUT2D eigenvalue weighted by atomic mass is 9.96. The number of aryl methyl sites for hydroxylation is 3. The number of thioether (sulfide) groups is 1. The fourth-order valence-electron chi connectivity index (χ4n) is 2.84. The summed E-state index contributed by atoms with van der Waals surface area (Å²) in [6, 6.07) is 5.14. The Morgan fingerprint density at radius 1 is 1.16 bits per heavy atom. The smallest absolute Gasteiger partial charge is 0.0294 e. The summed E-state index contributed by atoms with van der Waals surface area (Å²) in [5.41, 5.74) is 5.68. The van der Waals surface area contributed by atoms with Crippen LogP contribution in [0.25, 0.3) is 0 Å². The van der Waals surface area contributed by atoms with Crippen molar-refractivity contribution in [1.29, 1.82) is 0 Å². The Morgan fingerprint density at radius 3 is 2.58 bits per heavy atom. The maximum Gasteiger partial charge on any atom is 0.0294 e. The molecule has 0 aliphatic carbocycles. The van der Waals surface area contributed by atoms with Crippen molar-refractivity contribution in [1.82, 2.24) is 5.32 Å². The maximum atomic E-state index is 3.74. The molecule has 0 spiro atoms. The van der Waals surface area contributed by atoms with E-state index in [-0.39, 0.29) is 0 Å². The zero-order chi connectivity index (χ0) is 13.8. The van der Waals surface area contributed by atoms with Gasteiger partial charge in [-0.1, -0.05) is 18.6 Å². The fraction of sp³-hybridized carbons (Fsp3) is 0.647. The van der Waals surface area contributed by atoms with E-state index in [9.17, 15) is 0 Å². The lowest BCUT2D eigenvalue weighted by Gasteiger charge is -2.25. The van der Waals surface area contributed by atoms with Gasteiger partial charge in [0.15, 0.2) is 0 Å². The van der Waals surface area contributed by atoms with Crippen molar-refractivity contribution in [3.63, 3.8) is 0 Å². The van der Waals surface area contributed by atoms with Crippen molar-refractivity contribution in [2.75, 3.05) is 12.3 Å². The molecule has 1 saturated heterocycles. The van der Waals surface area contributed by atoms with Gasteiger partial charge in [0.2, 0.25) is 0 Å². The van der Waals surface area contributed by atoms with Crippen LogP contribution in [0.4, 0.5) is 0 Å². The van der Waals surface area contributed by atoms with Crippen LogP contribution in [0.3, 0.4) is 0 Å². The first-order valence-electron chi connectivity index (χ1n) is 7.50. The monoisotopic (exact) mass is 277 g/mol. The molecule has 2 rings (SSSR count). The molecule has 0 saturated carbocycles. The molecule has 1 N–H and O–H groups in total. The quantitative estimate of drug-likeness (QED) is 0.866. The van der Waals surface area contributed by atoms with Crippen LogP contribution >= 0.6 is 11.8 Å². The minimum atomic E-state index is 0.460. The van der Waals surface area contributed by atoms with E-state index < -0.39 is 0 Å². The van der Waals surface area contributed by atoms with E-state index in [2.05, 4.69) is 56.9 Å². The number of hydrogen-bond donors (Lipinski definition) is 1. The largest absolute Gasteiger partial charge is 0.309 e. The lowest BCUT2D eigenvalue weighted by Crippen LogP contribution is -2.29. The van der Waals surface area contributed by atoms with E-state index in [0.29, 0.717) is 6.04 Å². The number of hydrogen-bond acceptors (Lipinski definition) is 2. The summed E-state index contributed by atoms with van der Waals surface area (Å²) < 4.78 is 0. The lowest BCUT2D eigenvalue weighted by molar-refractivity contribution is 0.537. The van der Waals surface area contributed by atoms with Crippen LogP contribution in [0.1, 0.15) is 54.5 Å². The molecule has 1 aromatic carbocycles. The summed E-state index contributed by atoms with van der Waals surface area (Å²) >= 11 is 2.15. The van der Waals surface area contributed by atoms with Gasteiger partial charge < -0.3 is 5.32 Å². The van der Waals surface area contributed by atoms with Gasteiger partial charge in [-0.2, -0.15) is 11.8 Å². The number of benzene rings is 1. The maximum absolute atomic E-state index is 3.74. The van der Waals surface area contributed by atoms with Crippen molar-refractivity contribution in [3.8, 4) is 0 Å². The standard InChI is InChI=1S/C17H27NS/c1-12-9-14(3)17(10-13(12)2)15(4)18-11-16-7-5-6-8-19-16/h9-10,15-16,18H,5-8,11H2,1-4H3. The van der Waals surface area contributed by atoms with Gasteiger partial charge in [0.25, 0.3) is 0 Å². The van der Waals surface area contributed by atoms with Crippen molar-refractivity contribution < 1.29 is 0 Å². The van der Waals surface area contributed by atoms with Gasteiger partial charge in [-0.05, 0) is 68.5 Å². The molecular formula is C17H27NS. The van der Waals surface area contributed by atoms with Gasteiger partial charge in [0.1, 0.15) is 0 Å². The van der Waals surface area contributed by atoms with Gasteiger partial charge in [-0.25, -0.2) is 0 Å². The van der Waals surface area contributed by atoms with E-state index in [1.807, 2.05) is 0 Å². The fourth-order valence-corrected chi connectivity index (χ4v) is 4.09. The second kappa shape index (κ2) is 6.81. The van der Waals surface area contributed by atoms with Gasteiger partial charge in [-0.15, -0.1) is 0 Å². The van der Waals surface area contributed by atoms with Gasteiger partial charge in [0.05, 0.1) is 0 Å². The summed E-state index contributed by atoms with van der Waals surface area (Å²) in [6.45, 7) is 10.1. The molecule has 2 heteroatoms. The molecule has 19 heavy (non-hydrogen) atoms. The first kappa shape index (κ1) is 14.9. The average Bonchev–Trinajstić information content (AvgIpc) is 2.41. The second-order valence-electron chi connectivity index (χ2n) is 5.91. The third-order valence-corrected chi connectivity index (χ3v) is 5.67. The molecule has 106 valence electrons. The first-order valence-corrected chi connectivity index (χ1v) is 8.55. The molecule has 1 aliphatic heterocycles. The molecule has 0 radical (unpaired) electrons. The predicted molar refractivity (Wildman–Crippen MR) is 87.2 cm³/mol. The van der Waals surface area contributed by atoms with E-state index in [1.54, 1.807) is 0 Å². The van der Waals surface area contributed by atoms with Crippen molar-refractivity contribution in [3.05, 3.63) is 34.4 Å². The minimum Gasteiger partial charge on any atom is -0.309 e. The third-order valence-electron chi connectivity index (χ3n) is 4.27. The second-order valence-corrected chi connectivity index (χ2v) is 7.32. The Kier molecular flexibility index (Phi) is 5.35. The highest BCUT2D eigenvalue weighted by atomic mass is 32.2. The Morgan fingerprint density at radius 2 is 1.89 bits per heavy atom. The summed E-state index contributed by atoms with van der Waals surface area (Å²) in [6.07, 6.45) is 4.21. The highest BCUT2D eigenvalue weighted by Crippen LogP contribution is 2.26. The molecule has 0 amide bonds. The molecule has 1 nitrogen and oxygen atoms in total. The third kappa shape index (κ3) is 4.00. The minimum absolute atomic E-state index is 0.460. The molecule has 2 unspecified atom stereocenters. The van der Waals surface area contributed by atoms with Crippen molar-refractivity contribution in [2.45, 2.75) is 58.2 Å². The SMILES string of the molecule is Cc1cc(C)c(C(C)NCC2CCCCS2)cc1C. The van der Waals surface area contributed by atoms with E-state index in [0.717, 1.165) is 11.8 Å². The van der Waals surface area contributed by atoms with E-state index in [4.69, 9.17) is 0 Å². The molecule has 1 heterocycles. The van der Waals surface area contributed by atoms with E-state index >= 15 is 0 Å². The van der Waals surface area contributed by atoms with Crippen LogP contribution in [-0.2, 0) is 0 Å².